The van der Waals surface area contributed by atoms with Crippen molar-refractivity contribution < 1.29 is 49.0 Å². The first-order valence-corrected chi connectivity index (χ1v) is 0. The Kier molecular flexibility index (Phi) is 545. The largest absolute Gasteiger partial charge is 5.00 e. The molecule has 0 rings (SSSR count). The molecule has 0 saturated heterocycles. The van der Waals surface area contributed by atoms with E-state index in [1.807, 2.05) is 0 Å². The van der Waals surface area contributed by atoms with Crippen molar-refractivity contribution in [1.29, 1.82) is 0 Å². The van der Waals surface area contributed by atoms with Gasteiger partial charge < -0.3 is 11.0 Å². The maximum Gasteiger partial charge on any atom is 5.00 e. The molecule has 0 aliphatic heterocycles. The van der Waals surface area contributed by atoms with Crippen molar-refractivity contribution in [2.24, 2.45) is 0 Å². The molecule has 0 radical (unpaired) electrons. The predicted molar refractivity (Wildman–Crippen MR) is 1.37 cm³/mol. The van der Waals surface area contributed by atoms with E-state index in [0.717, 1.165) is 0 Å². The van der Waals surface area contributed by atoms with Crippen LogP contribution in [0.4, 0.5) is 0 Å². The van der Waals surface area contributed by atoms with Gasteiger partial charge in [0.05, 0.1) is 0 Å². The van der Waals surface area contributed by atoms with E-state index in [0.29, 0.717) is 0 Å². The average Bonchev–Trinajstić information content (AvgIpc) is 0. The van der Waals surface area contributed by atoms with Crippen LogP contribution >= 0.6 is 0 Å². The molecule has 0 aromatic rings. The maximum atomic E-state index is 0. The summed E-state index contributed by atoms with van der Waals surface area (Å²) in [5, 5.41) is 0. The topological polar surface area (TPSA) is 57.0 Å². The molecular formula is O2VZn+3. The molecule has 0 N–H and O–H groups in total. The van der Waals surface area contributed by atoms with Crippen molar-refractivity contribution in [2.75, 3.05) is 0 Å². The molecule has 0 aromatic carbocycles. The molecule has 4 heavy (non-hydrogen) atoms. The maximum absolute atomic E-state index is 0. The van der Waals surface area contributed by atoms with Crippen LogP contribution in [-0.4, -0.2) is 0 Å². The molecule has 0 aliphatic rings. The molecule has 0 amide bonds. The summed E-state index contributed by atoms with van der Waals surface area (Å²) < 4.78 is 0. The van der Waals surface area contributed by atoms with Crippen molar-refractivity contribution >= 4 is 0 Å². The molecule has 0 aromatic heterocycles. The quantitative estimate of drug-likeness (QED) is 0.426. The first-order chi connectivity index (χ1) is 0. The number of rotatable bonds is 0. The van der Waals surface area contributed by atoms with Crippen molar-refractivity contribution in [2.45, 2.75) is 0 Å². The molecule has 0 spiro atoms. The zero-order chi connectivity index (χ0) is 0. The Bertz CT molecular complexity index is 6.00. The predicted octanol–water partition coefficient (Wildman–Crippen LogP) is -0.243. The molecule has 4 heteroatoms. The molecule has 2 nitrogen and oxygen atoms in total. The summed E-state index contributed by atoms with van der Waals surface area (Å²) >= 11 is 0. The van der Waals surface area contributed by atoms with Crippen LogP contribution in [0.1, 0.15) is 0 Å². The van der Waals surface area contributed by atoms with Crippen LogP contribution in [-0.2, 0) is 49.0 Å². The summed E-state index contributed by atoms with van der Waals surface area (Å²) in [6.07, 6.45) is 0. The molecule has 0 atom stereocenters. The minimum Gasteiger partial charge on any atom is -2.00 e. The van der Waals surface area contributed by atoms with E-state index in [1.54, 1.807) is 0 Å². The van der Waals surface area contributed by atoms with Crippen LogP contribution < -0.4 is 0 Å². The van der Waals surface area contributed by atoms with E-state index in [4.69, 9.17) is 0 Å². The first-order valence-electron chi connectivity index (χ1n) is 0. The second-order valence-corrected chi connectivity index (χ2v) is 0. The van der Waals surface area contributed by atoms with E-state index in [9.17, 15) is 0 Å². The molecule has 0 heterocycles. The van der Waals surface area contributed by atoms with Gasteiger partial charge in [0.1, 0.15) is 0 Å². The average molecular weight is 148 g/mol. The zero-order valence-electron chi connectivity index (χ0n) is 1.97. The zero-order valence-corrected chi connectivity index (χ0v) is 6.33. The Labute approximate surface area is 49.2 Å². The summed E-state index contributed by atoms with van der Waals surface area (Å²) in [5.41, 5.74) is 0. The molecule has 0 saturated carbocycles. The molecule has 16 valence electrons. The normalized spacial score (nSPS) is 0. The van der Waals surface area contributed by atoms with Gasteiger partial charge in [-0.15, -0.1) is 0 Å². The van der Waals surface area contributed by atoms with Gasteiger partial charge in [-0.2, -0.15) is 0 Å². The van der Waals surface area contributed by atoms with Crippen LogP contribution in [0.3, 0.4) is 0 Å². The van der Waals surface area contributed by atoms with Crippen LogP contribution in [0.15, 0.2) is 0 Å². The van der Waals surface area contributed by atoms with E-state index in [2.05, 4.69) is 0 Å². The van der Waals surface area contributed by atoms with Crippen LogP contribution in [0, 0.1) is 0 Å². The fraction of sp³-hybridized carbons (Fsp3) is 0. The van der Waals surface area contributed by atoms with E-state index < -0.39 is 0 Å². The third kappa shape index (κ3) is 11.1. The number of hydrogen-bond donors (Lipinski definition) is 0. The van der Waals surface area contributed by atoms with Gasteiger partial charge in [-0.1, -0.05) is 0 Å². The summed E-state index contributed by atoms with van der Waals surface area (Å²) in [6, 6.07) is 0. The summed E-state index contributed by atoms with van der Waals surface area (Å²) in [4.78, 5) is 0. The molecule has 0 aliphatic carbocycles. The van der Waals surface area contributed by atoms with E-state index in [1.165, 1.54) is 0 Å². The first kappa shape index (κ1) is 68.7. The third-order valence-electron chi connectivity index (χ3n) is 0. The van der Waals surface area contributed by atoms with Gasteiger partial charge in [-0.3, -0.25) is 0 Å². The fourth-order valence-corrected chi connectivity index (χ4v) is 0. The van der Waals surface area contributed by atoms with Crippen molar-refractivity contribution in [3.8, 4) is 0 Å². The van der Waals surface area contributed by atoms with Crippen LogP contribution in [0.2, 0.25) is 0 Å². The van der Waals surface area contributed by atoms with Crippen LogP contribution in [0.25, 0.3) is 0 Å². The Balaban J connectivity index is 0. The minimum absolute atomic E-state index is 0. The van der Waals surface area contributed by atoms with Crippen LogP contribution in [0.5, 0.6) is 0 Å². The Morgan fingerprint density at radius 1 is 0.750 bits per heavy atom. The van der Waals surface area contributed by atoms with Gasteiger partial charge in [-0.25, -0.2) is 0 Å². The van der Waals surface area contributed by atoms with Gasteiger partial charge >= 0.3 is 38.0 Å². The standard InChI is InChI=1S/2O.V.Zn/q2*-2;+5;+2. The van der Waals surface area contributed by atoms with E-state index >= 15 is 0 Å². The van der Waals surface area contributed by atoms with Gasteiger partial charge in [-0.05, 0) is 0 Å². The second kappa shape index (κ2) is 31.7. The van der Waals surface area contributed by atoms with Crippen molar-refractivity contribution in [3.63, 3.8) is 0 Å². The smallest absolute Gasteiger partial charge is 2.00 e. The summed E-state index contributed by atoms with van der Waals surface area (Å²) in [7, 11) is 0. The third-order valence-corrected chi connectivity index (χ3v) is 0. The molecule has 0 unspecified atom stereocenters. The Morgan fingerprint density at radius 3 is 0.750 bits per heavy atom. The summed E-state index contributed by atoms with van der Waals surface area (Å²) in [6.45, 7) is 0. The van der Waals surface area contributed by atoms with Gasteiger partial charge in [0, 0.05) is 0 Å². The van der Waals surface area contributed by atoms with Gasteiger partial charge in [0.2, 0.25) is 0 Å². The molecular weight excluding hydrogens is 148 g/mol. The van der Waals surface area contributed by atoms with Crippen molar-refractivity contribution in [3.05, 3.63) is 0 Å². The van der Waals surface area contributed by atoms with Crippen molar-refractivity contribution in [1.82, 2.24) is 0 Å². The monoisotopic (exact) mass is 147 g/mol. The fourth-order valence-electron chi connectivity index (χ4n) is 0. The van der Waals surface area contributed by atoms with E-state index in [-0.39, 0.29) is 49.0 Å². The minimum atomic E-state index is 0. The molecule has 0 fully saturated rings. The molecule has 0 bridgehead atoms. The second-order valence-electron chi connectivity index (χ2n) is 0. The van der Waals surface area contributed by atoms with Gasteiger partial charge in [0.15, 0.2) is 0 Å². The Hall–Kier alpha value is 1.13. The van der Waals surface area contributed by atoms with Gasteiger partial charge in [0.25, 0.3) is 0 Å². The summed E-state index contributed by atoms with van der Waals surface area (Å²) in [5.74, 6) is 0. The number of hydrogen-bond acceptors (Lipinski definition) is 0. The SMILES string of the molecule is [O-2].[O-2].[V+5].[Zn+2]. The Morgan fingerprint density at radius 2 is 0.750 bits per heavy atom.